The number of fused-ring (bicyclic) bond motifs is 5. The minimum Gasteiger partial charge on any atom is -0.366 e. The Morgan fingerprint density at radius 3 is 2.82 bits per heavy atom. The molecule has 1 N–H and O–H groups in total. The molecule has 0 radical (unpaired) electrons. The number of rotatable bonds is 4. The van der Waals surface area contributed by atoms with E-state index in [9.17, 15) is 0 Å². The van der Waals surface area contributed by atoms with Crippen LogP contribution in [0.4, 0.5) is 5.82 Å². The average molecular weight is 232 g/mol. The zero-order chi connectivity index (χ0) is 11.4. The lowest BCUT2D eigenvalue weighted by Crippen LogP contribution is -2.16. The summed E-state index contributed by atoms with van der Waals surface area (Å²) in [5.41, 5.74) is 0. The highest BCUT2D eigenvalue weighted by Gasteiger charge is 2.65. The van der Waals surface area contributed by atoms with Gasteiger partial charge in [-0.05, 0) is 49.4 Å². The molecule has 1 aromatic heterocycles. The standard InChI is InChI=1S/C13H20N4/c1-2-5-17-10(7-14-16-17)15-13-11-8-3-4-9(6-8)12(11)13/h7-9,11-13,15H,2-6H2,1H3. The van der Waals surface area contributed by atoms with Crippen molar-refractivity contribution in [3.8, 4) is 0 Å². The van der Waals surface area contributed by atoms with E-state index in [1.165, 1.54) is 19.3 Å². The molecule has 3 saturated carbocycles. The smallest absolute Gasteiger partial charge is 0.145 e. The SMILES string of the molecule is CCCn1nncc1NC1C2C3CCC(C3)C12. The second kappa shape index (κ2) is 3.47. The van der Waals surface area contributed by atoms with Crippen molar-refractivity contribution in [1.82, 2.24) is 15.0 Å². The van der Waals surface area contributed by atoms with Crippen molar-refractivity contribution >= 4 is 5.82 Å². The van der Waals surface area contributed by atoms with E-state index in [1.54, 1.807) is 0 Å². The first kappa shape index (κ1) is 9.92. The molecule has 0 spiro atoms. The van der Waals surface area contributed by atoms with E-state index in [0.717, 1.165) is 48.5 Å². The summed E-state index contributed by atoms with van der Waals surface area (Å²) in [7, 11) is 0. The van der Waals surface area contributed by atoms with Crippen molar-refractivity contribution in [3.63, 3.8) is 0 Å². The minimum atomic E-state index is 0.732. The van der Waals surface area contributed by atoms with Gasteiger partial charge in [-0.2, -0.15) is 0 Å². The van der Waals surface area contributed by atoms with Crippen molar-refractivity contribution in [2.75, 3.05) is 5.32 Å². The molecule has 1 heterocycles. The molecule has 2 bridgehead atoms. The van der Waals surface area contributed by atoms with E-state index in [4.69, 9.17) is 0 Å². The predicted molar refractivity (Wildman–Crippen MR) is 65.5 cm³/mol. The van der Waals surface area contributed by atoms with Gasteiger partial charge in [-0.3, -0.25) is 0 Å². The van der Waals surface area contributed by atoms with Gasteiger partial charge in [0.2, 0.25) is 0 Å². The molecule has 1 aromatic rings. The summed E-state index contributed by atoms with van der Waals surface area (Å²) in [6.45, 7) is 3.15. The van der Waals surface area contributed by atoms with Crippen LogP contribution in [0.2, 0.25) is 0 Å². The van der Waals surface area contributed by atoms with Gasteiger partial charge < -0.3 is 5.32 Å². The van der Waals surface area contributed by atoms with Crippen molar-refractivity contribution in [2.24, 2.45) is 23.7 Å². The summed E-state index contributed by atoms with van der Waals surface area (Å²) in [6.07, 6.45) is 7.47. The number of nitrogens with one attached hydrogen (secondary N) is 1. The van der Waals surface area contributed by atoms with Crippen molar-refractivity contribution in [2.45, 2.75) is 45.2 Å². The number of anilines is 1. The van der Waals surface area contributed by atoms with E-state index < -0.39 is 0 Å². The van der Waals surface area contributed by atoms with E-state index in [1.807, 2.05) is 10.9 Å². The highest BCUT2D eigenvalue weighted by atomic mass is 15.5. The monoisotopic (exact) mass is 232 g/mol. The highest BCUT2D eigenvalue weighted by molar-refractivity contribution is 5.38. The van der Waals surface area contributed by atoms with Gasteiger partial charge in [0.15, 0.2) is 0 Å². The minimum absolute atomic E-state index is 0.732. The van der Waals surface area contributed by atoms with Crippen molar-refractivity contribution in [1.29, 1.82) is 0 Å². The molecule has 0 aromatic carbocycles. The van der Waals surface area contributed by atoms with E-state index in [0.29, 0.717) is 0 Å². The zero-order valence-electron chi connectivity index (χ0n) is 10.3. The van der Waals surface area contributed by atoms with Crippen molar-refractivity contribution in [3.05, 3.63) is 6.20 Å². The van der Waals surface area contributed by atoms with Gasteiger partial charge in [0.25, 0.3) is 0 Å². The van der Waals surface area contributed by atoms with Crippen LogP contribution in [-0.2, 0) is 6.54 Å². The molecule has 0 amide bonds. The molecular formula is C13H20N4. The maximum Gasteiger partial charge on any atom is 0.145 e. The van der Waals surface area contributed by atoms with E-state index in [2.05, 4.69) is 22.6 Å². The Bertz CT molecular complexity index is 411. The zero-order valence-corrected chi connectivity index (χ0v) is 10.3. The first-order valence-corrected chi connectivity index (χ1v) is 7.03. The number of hydrogen-bond acceptors (Lipinski definition) is 3. The summed E-state index contributed by atoms with van der Waals surface area (Å²) >= 11 is 0. The van der Waals surface area contributed by atoms with Crippen LogP contribution in [0.5, 0.6) is 0 Å². The summed E-state index contributed by atoms with van der Waals surface area (Å²) < 4.78 is 2.01. The number of hydrogen-bond donors (Lipinski definition) is 1. The molecule has 4 heteroatoms. The van der Waals surface area contributed by atoms with Gasteiger partial charge in [-0.25, -0.2) is 4.68 Å². The maximum atomic E-state index is 4.14. The molecule has 4 unspecified atom stereocenters. The number of aryl methyl sites for hydroxylation is 1. The molecule has 4 atom stereocenters. The summed E-state index contributed by atoms with van der Waals surface area (Å²) in [6, 6.07) is 0.732. The molecule has 3 aliphatic rings. The third-order valence-corrected chi connectivity index (χ3v) is 5.10. The van der Waals surface area contributed by atoms with Crippen LogP contribution in [0, 0.1) is 23.7 Å². The van der Waals surface area contributed by atoms with Crippen molar-refractivity contribution < 1.29 is 0 Å². The lowest BCUT2D eigenvalue weighted by atomic mass is 10.0. The van der Waals surface area contributed by atoms with Crippen LogP contribution >= 0.6 is 0 Å². The van der Waals surface area contributed by atoms with Crippen LogP contribution in [0.1, 0.15) is 32.6 Å². The molecule has 3 fully saturated rings. The second-order valence-electron chi connectivity index (χ2n) is 6.00. The van der Waals surface area contributed by atoms with Gasteiger partial charge in [0.1, 0.15) is 5.82 Å². The number of nitrogens with zero attached hydrogens (tertiary/aromatic N) is 3. The van der Waals surface area contributed by atoms with Crippen LogP contribution in [-0.4, -0.2) is 21.0 Å². The molecule has 17 heavy (non-hydrogen) atoms. The molecule has 4 nitrogen and oxygen atoms in total. The van der Waals surface area contributed by atoms with Crippen LogP contribution in [0.25, 0.3) is 0 Å². The van der Waals surface area contributed by atoms with Crippen LogP contribution < -0.4 is 5.32 Å². The fourth-order valence-corrected chi connectivity index (χ4v) is 4.44. The molecule has 4 rings (SSSR count). The lowest BCUT2D eigenvalue weighted by Gasteiger charge is -2.12. The summed E-state index contributed by atoms with van der Waals surface area (Å²) in [5, 5.41) is 11.8. The topological polar surface area (TPSA) is 42.7 Å². The Morgan fingerprint density at radius 1 is 1.35 bits per heavy atom. The largest absolute Gasteiger partial charge is 0.366 e. The first-order chi connectivity index (χ1) is 8.38. The average Bonchev–Trinajstić information content (AvgIpc) is 2.76. The molecule has 92 valence electrons. The van der Waals surface area contributed by atoms with E-state index >= 15 is 0 Å². The molecule has 0 saturated heterocycles. The third kappa shape index (κ3) is 1.36. The van der Waals surface area contributed by atoms with Gasteiger partial charge in [0, 0.05) is 12.6 Å². The Kier molecular flexibility index (Phi) is 2.02. The third-order valence-electron chi connectivity index (χ3n) is 5.10. The van der Waals surface area contributed by atoms with Gasteiger partial charge in [-0.15, -0.1) is 5.10 Å². The Balaban J connectivity index is 1.47. The first-order valence-electron chi connectivity index (χ1n) is 7.03. The predicted octanol–water partition coefficient (Wildman–Crippen LogP) is 2.14. The Hall–Kier alpha value is -1.06. The highest BCUT2D eigenvalue weighted by Crippen LogP contribution is 2.66. The maximum absolute atomic E-state index is 4.14. The van der Waals surface area contributed by atoms with Gasteiger partial charge >= 0.3 is 0 Å². The van der Waals surface area contributed by atoms with Crippen LogP contribution in [0.15, 0.2) is 6.20 Å². The fraction of sp³-hybridized carbons (Fsp3) is 0.846. The molecule has 3 aliphatic carbocycles. The van der Waals surface area contributed by atoms with E-state index in [-0.39, 0.29) is 0 Å². The van der Waals surface area contributed by atoms with Gasteiger partial charge in [0.05, 0.1) is 6.20 Å². The molecular weight excluding hydrogens is 212 g/mol. The van der Waals surface area contributed by atoms with Gasteiger partial charge in [-0.1, -0.05) is 12.1 Å². The lowest BCUT2D eigenvalue weighted by molar-refractivity contribution is 0.456. The number of aromatic nitrogens is 3. The summed E-state index contributed by atoms with van der Waals surface area (Å²) in [5.74, 6) is 5.12. The van der Waals surface area contributed by atoms with Crippen LogP contribution in [0.3, 0.4) is 0 Å². The summed E-state index contributed by atoms with van der Waals surface area (Å²) in [4.78, 5) is 0. The fourth-order valence-electron chi connectivity index (χ4n) is 4.44. The molecule has 0 aliphatic heterocycles. The second-order valence-corrected chi connectivity index (χ2v) is 6.00. The normalized spacial score (nSPS) is 41.6. The Morgan fingerprint density at radius 2 is 2.12 bits per heavy atom. The Labute approximate surface area is 102 Å². The quantitative estimate of drug-likeness (QED) is 0.865.